The first kappa shape index (κ1) is 24.4. The zero-order valence-corrected chi connectivity index (χ0v) is 22.0. The molecule has 2 heterocycles. The van der Waals surface area contributed by atoms with Gasteiger partial charge in [0, 0.05) is 4.88 Å². The molecule has 8 nitrogen and oxygen atoms in total. The van der Waals surface area contributed by atoms with Gasteiger partial charge in [-0.2, -0.15) is 5.10 Å². The first-order valence-electron chi connectivity index (χ1n) is 11.2. The van der Waals surface area contributed by atoms with Crippen molar-refractivity contribution in [3.63, 3.8) is 0 Å². The number of fused-ring (bicyclic) bond motifs is 3. The number of hydrazone groups is 1. The number of hydrogen-bond acceptors (Lipinski definition) is 7. The van der Waals surface area contributed by atoms with Gasteiger partial charge in [0.1, 0.15) is 10.9 Å². The molecule has 2 unspecified atom stereocenters. The Morgan fingerprint density at radius 3 is 3.00 bits per heavy atom. The summed E-state index contributed by atoms with van der Waals surface area (Å²) in [7, 11) is 1.56. The smallest absolute Gasteiger partial charge is 0.263 e. The van der Waals surface area contributed by atoms with Gasteiger partial charge in [0.2, 0.25) is 0 Å². The highest BCUT2D eigenvalue weighted by Crippen LogP contribution is 2.37. The Bertz CT molecular complexity index is 1320. The van der Waals surface area contributed by atoms with E-state index in [2.05, 4.69) is 38.4 Å². The van der Waals surface area contributed by atoms with Crippen LogP contribution in [0.4, 0.5) is 0 Å². The molecule has 1 aliphatic rings. The normalized spacial score (nSPS) is 16.4. The predicted molar refractivity (Wildman–Crippen MR) is 137 cm³/mol. The number of amides is 1. The molecule has 34 heavy (non-hydrogen) atoms. The van der Waals surface area contributed by atoms with Crippen LogP contribution >= 0.6 is 27.3 Å². The summed E-state index contributed by atoms with van der Waals surface area (Å²) < 4.78 is 13.1. The van der Waals surface area contributed by atoms with Crippen molar-refractivity contribution in [1.82, 2.24) is 15.0 Å². The Kier molecular flexibility index (Phi) is 7.37. The average molecular weight is 547 g/mol. The summed E-state index contributed by atoms with van der Waals surface area (Å²) in [4.78, 5) is 32.5. The minimum absolute atomic E-state index is 0.177. The van der Waals surface area contributed by atoms with E-state index in [4.69, 9.17) is 9.47 Å². The summed E-state index contributed by atoms with van der Waals surface area (Å²) in [6, 6.07) is 2.81. The number of rotatable bonds is 7. The molecule has 4 rings (SSSR count). The highest BCUT2D eigenvalue weighted by atomic mass is 79.9. The number of carbonyl (C=O) groups is 1. The summed E-state index contributed by atoms with van der Waals surface area (Å²) in [6.45, 7) is 6.29. The van der Waals surface area contributed by atoms with E-state index in [9.17, 15) is 9.59 Å². The maximum Gasteiger partial charge on any atom is 0.263 e. The molecule has 3 aromatic rings. The zero-order valence-electron chi connectivity index (χ0n) is 19.6. The van der Waals surface area contributed by atoms with Crippen molar-refractivity contribution in [1.29, 1.82) is 0 Å². The SMILES string of the molecule is CCOc1c(Br)cc(/C=N/NC(=O)C(C)n2cnc3sc4c(c3c2=O)CCC(C)C4)cc1OC. The lowest BCUT2D eigenvalue weighted by Gasteiger charge is -2.18. The number of benzene rings is 1. The molecule has 0 saturated heterocycles. The van der Waals surface area contributed by atoms with Crippen LogP contribution in [0.3, 0.4) is 0 Å². The fraction of sp³-hybridized carbons (Fsp3) is 0.417. The quantitative estimate of drug-likeness (QED) is 0.348. The summed E-state index contributed by atoms with van der Waals surface area (Å²) in [5, 5.41) is 4.72. The van der Waals surface area contributed by atoms with Crippen molar-refractivity contribution in [2.75, 3.05) is 13.7 Å². The van der Waals surface area contributed by atoms with Gasteiger partial charge in [0.05, 0.1) is 36.1 Å². The Labute approximate surface area is 210 Å². The van der Waals surface area contributed by atoms with Crippen molar-refractivity contribution in [3.05, 3.63) is 49.3 Å². The van der Waals surface area contributed by atoms with Gasteiger partial charge in [-0.1, -0.05) is 6.92 Å². The molecule has 10 heteroatoms. The van der Waals surface area contributed by atoms with Crippen LogP contribution in [0.5, 0.6) is 11.5 Å². The van der Waals surface area contributed by atoms with Crippen LogP contribution in [0.2, 0.25) is 0 Å². The molecule has 0 fully saturated rings. The van der Waals surface area contributed by atoms with Gasteiger partial charge in [-0.25, -0.2) is 10.4 Å². The molecule has 0 saturated carbocycles. The second kappa shape index (κ2) is 10.3. The lowest BCUT2D eigenvalue weighted by atomic mass is 9.89. The van der Waals surface area contributed by atoms with E-state index in [0.717, 1.165) is 29.7 Å². The van der Waals surface area contributed by atoms with Gasteiger partial charge >= 0.3 is 0 Å². The molecule has 1 amide bonds. The first-order valence-corrected chi connectivity index (χ1v) is 12.8. The molecule has 180 valence electrons. The van der Waals surface area contributed by atoms with Gasteiger partial charge in [0.15, 0.2) is 11.5 Å². The summed E-state index contributed by atoms with van der Waals surface area (Å²) in [6.07, 6.45) is 5.88. The average Bonchev–Trinajstić information content (AvgIpc) is 3.18. The molecular weight excluding hydrogens is 520 g/mol. The van der Waals surface area contributed by atoms with E-state index in [1.54, 1.807) is 31.4 Å². The van der Waals surface area contributed by atoms with E-state index < -0.39 is 11.9 Å². The zero-order chi connectivity index (χ0) is 24.4. The number of carbonyl (C=O) groups excluding carboxylic acids is 1. The fourth-order valence-corrected chi connectivity index (χ4v) is 6.02. The van der Waals surface area contributed by atoms with Crippen molar-refractivity contribution in [2.45, 2.75) is 46.1 Å². The Morgan fingerprint density at radius 2 is 2.26 bits per heavy atom. The molecule has 0 aliphatic heterocycles. The van der Waals surface area contributed by atoms with Gasteiger partial charge < -0.3 is 9.47 Å². The molecule has 2 atom stereocenters. The number of nitrogens with one attached hydrogen (secondary N) is 1. The van der Waals surface area contributed by atoms with E-state index in [0.29, 0.717) is 39.4 Å². The number of aryl methyl sites for hydroxylation is 1. The van der Waals surface area contributed by atoms with Crippen LogP contribution in [0, 0.1) is 5.92 Å². The maximum absolute atomic E-state index is 13.3. The van der Waals surface area contributed by atoms with Gasteiger partial charge in [-0.05, 0) is 78.2 Å². The van der Waals surface area contributed by atoms with Crippen LogP contribution < -0.4 is 20.5 Å². The summed E-state index contributed by atoms with van der Waals surface area (Å²) in [5.74, 6) is 1.36. The van der Waals surface area contributed by atoms with Crippen LogP contribution in [-0.2, 0) is 17.6 Å². The third-order valence-electron chi connectivity index (χ3n) is 5.97. The highest BCUT2D eigenvalue weighted by Gasteiger charge is 2.25. The highest BCUT2D eigenvalue weighted by molar-refractivity contribution is 9.10. The minimum atomic E-state index is -0.763. The van der Waals surface area contributed by atoms with Gasteiger partial charge in [-0.15, -0.1) is 11.3 Å². The molecular formula is C24H27BrN4O4S. The third kappa shape index (κ3) is 4.74. The number of halogens is 1. The van der Waals surface area contributed by atoms with Gasteiger partial charge in [0.25, 0.3) is 11.5 Å². The number of hydrogen-bond donors (Lipinski definition) is 1. The standard InChI is InChI=1S/C24H27BrN4O4S/c1-5-33-21-17(25)9-15(10-18(21)32-4)11-27-28-22(30)14(3)29-12-26-23-20(24(29)31)16-7-6-13(2)8-19(16)34-23/h9-14H,5-8H2,1-4H3,(H,28,30)/b27-11+. The topological polar surface area (TPSA) is 94.8 Å². The number of aromatic nitrogens is 2. The van der Waals surface area contributed by atoms with Crippen LogP contribution in [-0.4, -0.2) is 35.4 Å². The monoisotopic (exact) mass is 546 g/mol. The lowest BCUT2D eigenvalue weighted by Crippen LogP contribution is -2.34. The van der Waals surface area contributed by atoms with Crippen LogP contribution in [0.15, 0.2) is 32.8 Å². The molecule has 1 aromatic carbocycles. The summed E-state index contributed by atoms with van der Waals surface area (Å²) >= 11 is 5.06. The molecule has 0 radical (unpaired) electrons. The van der Waals surface area contributed by atoms with E-state index in [1.807, 2.05) is 13.0 Å². The molecule has 1 N–H and O–H groups in total. The Morgan fingerprint density at radius 1 is 1.47 bits per heavy atom. The number of methoxy groups -OCH3 is 1. The lowest BCUT2D eigenvalue weighted by molar-refractivity contribution is -0.123. The molecule has 2 aromatic heterocycles. The maximum atomic E-state index is 13.3. The van der Waals surface area contributed by atoms with E-state index in [-0.39, 0.29) is 5.56 Å². The van der Waals surface area contributed by atoms with Crippen molar-refractivity contribution < 1.29 is 14.3 Å². The van der Waals surface area contributed by atoms with Crippen LogP contribution in [0.1, 0.15) is 49.2 Å². The molecule has 0 spiro atoms. The van der Waals surface area contributed by atoms with E-state index >= 15 is 0 Å². The second-order valence-electron chi connectivity index (χ2n) is 8.37. The Hall–Kier alpha value is -2.72. The fourth-order valence-electron chi connectivity index (χ4n) is 4.11. The number of thiophene rings is 1. The number of ether oxygens (including phenoxy) is 2. The summed E-state index contributed by atoms with van der Waals surface area (Å²) in [5.41, 5.74) is 4.15. The van der Waals surface area contributed by atoms with Crippen LogP contribution in [0.25, 0.3) is 10.2 Å². The Balaban J connectivity index is 1.52. The third-order valence-corrected chi connectivity index (χ3v) is 7.72. The molecule has 0 bridgehead atoms. The van der Waals surface area contributed by atoms with E-state index in [1.165, 1.54) is 22.0 Å². The predicted octanol–water partition coefficient (Wildman–Crippen LogP) is 4.46. The number of nitrogens with zero attached hydrogens (tertiary/aromatic N) is 3. The molecule has 1 aliphatic carbocycles. The van der Waals surface area contributed by atoms with Crippen molar-refractivity contribution in [2.24, 2.45) is 11.0 Å². The minimum Gasteiger partial charge on any atom is -0.493 e. The van der Waals surface area contributed by atoms with Crippen molar-refractivity contribution >= 4 is 49.6 Å². The van der Waals surface area contributed by atoms with Crippen molar-refractivity contribution in [3.8, 4) is 11.5 Å². The second-order valence-corrected chi connectivity index (χ2v) is 10.3. The largest absolute Gasteiger partial charge is 0.493 e. The van der Waals surface area contributed by atoms with Gasteiger partial charge in [-0.3, -0.25) is 14.2 Å². The first-order chi connectivity index (χ1) is 16.3.